The highest BCUT2D eigenvalue weighted by atomic mass is 35.5. The molecular formula is C14H19Cl2NO3. The van der Waals surface area contributed by atoms with Crippen LogP contribution in [-0.4, -0.2) is 24.3 Å². The smallest absolute Gasteiger partial charge is 0.407 e. The minimum atomic E-state index is -0.531. The fourth-order valence-corrected chi connectivity index (χ4v) is 1.89. The van der Waals surface area contributed by atoms with E-state index in [-0.39, 0.29) is 12.6 Å². The molecule has 112 valence electrons. The van der Waals surface area contributed by atoms with Crippen molar-refractivity contribution in [1.82, 2.24) is 5.32 Å². The summed E-state index contributed by atoms with van der Waals surface area (Å²) in [5.74, 6) is 0.411. The van der Waals surface area contributed by atoms with Crippen LogP contribution >= 0.6 is 23.2 Å². The zero-order valence-electron chi connectivity index (χ0n) is 12.0. The molecule has 1 aromatic carbocycles. The molecule has 0 saturated carbocycles. The van der Waals surface area contributed by atoms with Crippen molar-refractivity contribution in [2.75, 3.05) is 6.61 Å². The molecule has 0 heterocycles. The maximum Gasteiger partial charge on any atom is 0.407 e. The predicted octanol–water partition coefficient (Wildman–Crippen LogP) is 4.29. The molecule has 1 rings (SSSR count). The van der Waals surface area contributed by atoms with E-state index in [1.165, 1.54) is 0 Å². The van der Waals surface area contributed by atoms with E-state index in [1.54, 1.807) is 45.9 Å². The fourth-order valence-electron chi connectivity index (χ4n) is 1.38. The van der Waals surface area contributed by atoms with Gasteiger partial charge in [0.2, 0.25) is 0 Å². The lowest BCUT2D eigenvalue weighted by Gasteiger charge is -2.22. The van der Waals surface area contributed by atoms with Crippen molar-refractivity contribution < 1.29 is 14.3 Å². The average molecular weight is 320 g/mol. The first-order valence-electron chi connectivity index (χ1n) is 6.25. The molecule has 1 amide bonds. The van der Waals surface area contributed by atoms with Crippen LogP contribution in [0.1, 0.15) is 27.7 Å². The molecule has 1 aromatic rings. The Balaban J connectivity index is 2.48. The molecule has 20 heavy (non-hydrogen) atoms. The van der Waals surface area contributed by atoms with Gasteiger partial charge in [-0.25, -0.2) is 4.79 Å². The number of para-hydroxylation sites is 1. The minimum absolute atomic E-state index is 0.239. The van der Waals surface area contributed by atoms with Crippen molar-refractivity contribution in [3.8, 4) is 5.75 Å². The van der Waals surface area contributed by atoms with Crippen LogP contribution in [0, 0.1) is 0 Å². The Morgan fingerprint density at radius 3 is 2.35 bits per heavy atom. The summed E-state index contributed by atoms with van der Waals surface area (Å²) in [7, 11) is 0. The molecule has 4 nitrogen and oxygen atoms in total. The van der Waals surface area contributed by atoms with Crippen LogP contribution in [0.5, 0.6) is 5.75 Å². The summed E-state index contributed by atoms with van der Waals surface area (Å²) in [6.45, 7) is 7.45. The van der Waals surface area contributed by atoms with Crippen molar-refractivity contribution in [2.24, 2.45) is 0 Å². The fraction of sp³-hybridized carbons (Fsp3) is 0.500. The van der Waals surface area contributed by atoms with E-state index < -0.39 is 11.7 Å². The van der Waals surface area contributed by atoms with Crippen LogP contribution in [-0.2, 0) is 4.74 Å². The Kier molecular flexibility index (Phi) is 5.96. The molecule has 0 aliphatic heterocycles. The van der Waals surface area contributed by atoms with Gasteiger partial charge in [0.1, 0.15) is 12.2 Å². The number of nitrogens with one attached hydrogen (secondary N) is 1. The van der Waals surface area contributed by atoms with Gasteiger partial charge in [0.15, 0.2) is 5.75 Å². The first-order valence-corrected chi connectivity index (χ1v) is 7.01. The van der Waals surface area contributed by atoms with Crippen LogP contribution in [0.2, 0.25) is 10.0 Å². The minimum Gasteiger partial charge on any atom is -0.488 e. The molecular weight excluding hydrogens is 301 g/mol. The number of alkyl carbamates (subject to hydrolysis) is 1. The van der Waals surface area contributed by atoms with Crippen LogP contribution in [0.25, 0.3) is 0 Å². The van der Waals surface area contributed by atoms with Gasteiger partial charge in [-0.3, -0.25) is 0 Å². The molecule has 0 aliphatic rings. The van der Waals surface area contributed by atoms with Crippen molar-refractivity contribution in [2.45, 2.75) is 39.3 Å². The SMILES string of the molecule is CC(COc1c(Cl)cccc1Cl)NC(=O)OC(C)(C)C. The molecule has 0 spiro atoms. The lowest BCUT2D eigenvalue weighted by Crippen LogP contribution is -2.40. The van der Waals surface area contributed by atoms with Crippen LogP contribution in [0.4, 0.5) is 4.79 Å². The summed E-state index contributed by atoms with van der Waals surface area (Å²) < 4.78 is 10.7. The Morgan fingerprint density at radius 2 is 1.85 bits per heavy atom. The molecule has 6 heteroatoms. The molecule has 0 fully saturated rings. The molecule has 0 saturated heterocycles. The third-order valence-electron chi connectivity index (χ3n) is 2.16. The van der Waals surface area contributed by atoms with Crippen molar-refractivity contribution >= 4 is 29.3 Å². The third kappa shape index (κ3) is 5.88. The van der Waals surface area contributed by atoms with Crippen molar-refractivity contribution in [3.05, 3.63) is 28.2 Å². The van der Waals surface area contributed by atoms with Gasteiger partial charge in [0, 0.05) is 0 Å². The number of rotatable bonds is 4. The van der Waals surface area contributed by atoms with E-state index in [9.17, 15) is 4.79 Å². The monoisotopic (exact) mass is 319 g/mol. The summed E-state index contributed by atoms with van der Waals surface area (Å²) in [5.41, 5.74) is -0.531. The van der Waals surface area contributed by atoms with Gasteiger partial charge in [-0.1, -0.05) is 29.3 Å². The molecule has 1 atom stereocenters. The Labute approximate surface area is 129 Å². The highest BCUT2D eigenvalue weighted by molar-refractivity contribution is 6.37. The van der Waals surface area contributed by atoms with Crippen LogP contribution in [0.3, 0.4) is 0 Å². The Morgan fingerprint density at radius 1 is 1.30 bits per heavy atom. The normalized spacial score (nSPS) is 12.7. The van der Waals surface area contributed by atoms with Gasteiger partial charge in [-0.15, -0.1) is 0 Å². The van der Waals surface area contributed by atoms with E-state index in [1.807, 2.05) is 0 Å². The summed E-state index contributed by atoms with van der Waals surface area (Å²) in [6.07, 6.45) is -0.487. The van der Waals surface area contributed by atoms with Gasteiger partial charge in [-0.2, -0.15) is 0 Å². The second kappa shape index (κ2) is 7.04. The molecule has 0 aromatic heterocycles. The quantitative estimate of drug-likeness (QED) is 0.900. The topological polar surface area (TPSA) is 47.6 Å². The second-order valence-corrected chi connectivity index (χ2v) is 6.22. The lowest BCUT2D eigenvalue weighted by molar-refractivity contribution is 0.0494. The number of amides is 1. The summed E-state index contributed by atoms with van der Waals surface area (Å²) in [5, 5.41) is 3.54. The summed E-state index contributed by atoms with van der Waals surface area (Å²) >= 11 is 12.0. The number of ether oxygens (including phenoxy) is 2. The molecule has 0 radical (unpaired) electrons. The summed E-state index contributed by atoms with van der Waals surface area (Å²) in [6, 6.07) is 4.88. The van der Waals surface area contributed by atoms with E-state index >= 15 is 0 Å². The molecule has 1 unspecified atom stereocenters. The first kappa shape index (κ1) is 16.9. The highest BCUT2D eigenvalue weighted by Gasteiger charge is 2.18. The largest absolute Gasteiger partial charge is 0.488 e. The predicted molar refractivity (Wildman–Crippen MR) is 80.8 cm³/mol. The van der Waals surface area contributed by atoms with E-state index in [0.717, 1.165) is 0 Å². The van der Waals surface area contributed by atoms with Gasteiger partial charge in [0.25, 0.3) is 0 Å². The van der Waals surface area contributed by atoms with Gasteiger partial charge >= 0.3 is 6.09 Å². The number of benzene rings is 1. The molecule has 1 N–H and O–H groups in total. The first-order chi connectivity index (χ1) is 9.19. The zero-order valence-corrected chi connectivity index (χ0v) is 13.5. The number of carbonyl (C=O) groups excluding carboxylic acids is 1. The van der Waals surface area contributed by atoms with Crippen molar-refractivity contribution in [3.63, 3.8) is 0 Å². The molecule has 0 aliphatic carbocycles. The number of halogens is 2. The highest BCUT2D eigenvalue weighted by Crippen LogP contribution is 2.32. The maximum atomic E-state index is 11.6. The van der Waals surface area contributed by atoms with E-state index in [2.05, 4.69) is 5.32 Å². The third-order valence-corrected chi connectivity index (χ3v) is 2.76. The van der Waals surface area contributed by atoms with Gasteiger partial charge in [-0.05, 0) is 39.8 Å². The Bertz CT molecular complexity index is 452. The number of hydrogen-bond acceptors (Lipinski definition) is 3. The van der Waals surface area contributed by atoms with Gasteiger partial charge < -0.3 is 14.8 Å². The van der Waals surface area contributed by atoms with Crippen LogP contribution in [0.15, 0.2) is 18.2 Å². The lowest BCUT2D eigenvalue weighted by atomic mass is 10.2. The van der Waals surface area contributed by atoms with E-state index in [4.69, 9.17) is 32.7 Å². The average Bonchev–Trinajstić information content (AvgIpc) is 2.25. The molecule has 0 bridgehead atoms. The van der Waals surface area contributed by atoms with E-state index in [0.29, 0.717) is 15.8 Å². The number of hydrogen-bond donors (Lipinski definition) is 1. The maximum absolute atomic E-state index is 11.6. The zero-order chi connectivity index (χ0) is 15.3. The standard InChI is InChI=1S/C14H19Cl2NO3/c1-9(17-13(18)20-14(2,3)4)8-19-12-10(15)6-5-7-11(12)16/h5-7,9H,8H2,1-4H3,(H,17,18). The summed E-state index contributed by atoms with van der Waals surface area (Å²) in [4.78, 5) is 11.6. The second-order valence-electron chi connectivity index (χ2n) is 5.41. The Hall–Kier alpha value is -1.13. The van der Waals surface area contributed by atoms with Gasteiger partial charge in [0.05, 0.1) is 16.1 Å². The van der Waals surface area contributed by atoms with Crippen molar-refractivity contribution in [1.29, 1.82) is 0 Å². The number of carbonyl (C=O) groups is 1. The van der Waals surface area contributed by atoms with Crippen LogP contribution < -0.4 is 10.1 Å².